The van der Waals surface area contributed by atoms with E-state index < -0.39 is 23.3 Å². The largest absolute Gasteiger partial charge is 0.480 e. The van der Waals surface area contributed by atoms with E-state index in [1.807, 2.05) is 30.3 Å². The number of carboxylic acid groups (broad SMARTS) is 1. The zero-order valence-corrected chi connectivity index (χ0v) is 23.4. The van der Waals surface area contributed by atoms with E-state index in [1.165, 1.54) is 18.4 Å². The van der Waals surface area contributed by atoms with E-state index in [4.69, 9.17) is 9.72 Å². The number of aromatic nitrogens is 1. The van der Waals surface area contributed by atoms with Gasteiger partial charge in [-0.3, -0.25) is 4.79 Å². The van der Waals surface area contributed by atoms with Crippen molar-refractivity contribution in [1.29, 1.82) is 0 Å². The van der Waals surface area contributed by atoms with Crippen molar-refractivity contribution in [3.8, 4) is 11.5 Å². The smallest absolute Gasteiger partial charge is 0.326 e. The van der Waals surface area contributed by atoms with Crippen LogP contribution in [0.5, 0.6) is 11.5 Å². The van der Waals surface area contributed by atoms with Crippen LogP contribution in [0, 0.1) is 11.3 Å². The van der Waals surface area contributed by atoms with Gasteiger partial charge in [-0.25, -0.2) is 9.78 Å². The monoisotopic (exact) mass is 516 g/mol. The molecule has 2 N–H and O–H groups in total. The van der Waals surface area contributed by atoms with Gasteiger partial charge in [-0.2, -0.15) is 0 Å². The van der Waals surface area contributed by atoms with Crippen LogP contribution in [-0.4, -0.2) is 28.0 Å². The normalized spacial score (nSPS) is 15.4. The Bertz CT molecular complexity index is 1310. The zero-order valence-electron chi connectivity index (χ0n) is 23.4. The van der Waals surface area contributed by atoms with E-state index in [0.717, 1.165) is 41.5 Å². The van der Waals surface area contributed by atoms with Gasteiger partial charge in [-0.1, -0.05) is 85.4 Å². The molecule has 1 amide bonds. The summed E-state index contributed by atoms with van der Waals surface area (Å²) in [6.07, 6.45) is 5.52. The summed E-state index contributed by atoms with van der Waals surface area (Å²) < 4.78 is 6.20. The number of rotatable bonds is 7. The summed E-state index contributed by atoms with van der Waals surface area (Å²) in [4.78, 5) is 29.8. The summed E-state index contributed by atoms with van der Waals surface area (Å²) >= 11 is 0. The highest BCUT2D eigenvalue weighted by atomic mass is 16.5. The molecule has 0 spiro atoms. The van der Waals surface area contributed by atoms with E-state index in [-0.39, 0.29) is 11.1 Å². The molecule has 1 aliphatic carbocycles. The highest BCUT2D eigenvalue weighted by Gasteiger charge is 2.33. The van der Waals surface area contributed by atoms with Crippen LogP contribution in [0.25, 0.3) is 10.8 Å². The quantitative estimate of drug-likeness (QED) is 0.344. The summed E-state index contributed by atoms with van der Waals surface area (Å²) in [6.45, 7) is 11.9. The van der Waals surface area contributed by atoms with Gasteiger partial charge in [0.25, 0.3) is 5.91 Å². The number of nitrogens with zero attached hydrogens (tertiary/aromatic N) is 1. The number of aliphatic carboxylic acids is 1. The van der Waals surface area contributed by atoms with Gasteiger partial charge >= 0.3 is 5.97 Å². The van der Waals surface area contributed by atoms with E-state index in [1.54, 1.807) is 26.8 Å². The van der Waals surface area contributed by atoms with Gasteiger partial charge in [0.05, 0.1) is 0 Å². The molecule has 38 heavy (non-hydrogen) atoms. The average molecular weight is 517 g/mol. The SMILES string of the molecule is CC(C)(C)c1ccc(Oc2ccc3cc(C(=O)N[C@H](C(=O)O)C(C)(C)C)nc(CC4CCCC4)c3c2)cc1. The third-order valence-electron chi connectivity index (χ3n) is 7.42. The first kappa shape index (κ1) is 27.6. The number of carbonyl (C=O) groups excluding carboxylic acids is 1. The van der Waals surface area contributed by atoms with Crippen molar-refractivity contribution in [2.75, 3.05) is 0 Å². The van der Waals surface area contributed by atoms with Crippen molar-refractivity contribution in [2.45, 2.75) is 85.1 Å². The Morgan fingerprint density at radius 3 is 2.18 bits per heavy atom. The van der Waals surface area contributed by atoms with Gasteiger partial charge in [0.15, 0.2) is 0 Å². The van der Waals surface area contributed by atoms with Gasteiger partial charge < -0.3 is 15.2 Å². The lowest BCUT2D eigenvalue weighted by molar-refractivity contribution is -0.142. The van der Waals surface area contributed by atoms with Crippen LogP contribution in [-0.2, 0) is 16.6 Å². The molecule has 3 aromatic rings. The zero-order chi connectivity index (χ0) is 27.7. The van der Waals surface area contributed by atoms with Crippen molar-refractivity contribution in [2.24, 2.45) is 11.3 Å². The molecule has 1 atom stereocenters. The van der Waals surface area contributed by atoms with Gasteiger partial charge in [0.1, 0.15) is 23.2 Å². The summed E-state index contributed by atoms with van der Waals surface area (Å²) in [6, 6.07) is 14.7. The predicted molar refractivity (Wildman–Crippen MR) is 151 cm³/mol. The van der Waals surface area contributed by atoms with Crippen molar-refractivity contribution in [3.63, 3.8) is 0 Å². The van der Waals surface area contributed by atoms with E-state index in [9.17, 15) is 14.7 Å². The van der Waals surface area contributed by atoms with Crippen LogP contribution in [0.15, 0.2) is 48.5 Å². The number of carboxylic acids is 1. The summed E-state index contributed by atoms with van der Waals surface area (Å²) in [5.74, 6) is 0.475. The Kier molecular flexibility index (Phi) is 7.82. The molecule has 0 aliphatic heterocycles. The molecule has 0 saturated heterocycles. The second kappa shape index (κ2) is 10.8. The molecule has 1 fully saturated rings. The van der Waals surface area contributed by atoms with Crippen LogP contribution in [0.4, 0.5) is 0 Å². The Hall–Kier alpha value is -3.41. The maximum atomic E-state index is 13.2. The molecule has 0 bridgehead atoms. The van der Waals surface area contributed by atoms with Crippen molar-refractivity contribution in [1.82, 2.24) is 10.3 Å². The average Bonchev–Trinajstić information content (AvgIpc) is 3.34. The molecule has 1 heterocycles. The molecule has 6 heteroatoms. The predicted octanol–water partition coefficient (Wildman–Crippen LogP) is 7.29. The van der Waals surface area contributed by atoms with Gasteiger partial charge in [0.2, 0.25) is 0 Å². The molecule has 1 saturated carbocycles. The number of hydrogen-bond acceptors (Lipinski definition) is 4. The number of fused-ring (bicyclic) bond motifs is 1. The first-order chi connectivity index (χ1) is 17.8. The fourth-order valence-electron chi connectivity index (χ4n) is 5.13. The fraction of sp³-hybridized carbons (Fsp3) is 0.469. The fourth-order valence-corrected chi connectivity index (χ4v) is 5.13. The van der Waals surface area contributed by atoms with E-state index >= 15 is 0 Å². The van der Waals surface area contributed by atoms with Crippen LogP contribution in [0.3, 0.4) is 0 Å². The number of ether oxygens (including phenoxy) is 1. The number of hydrogen-bond donors (Lipinski definition) is 2. The number of pyridine rings is 1. The lowest BCUT2D eigenvalue weighted by atomic mass is 9.86. The van der Waals surface area contributed by atoms with Gasteiger partial charge in [0, 0.05) is 11.1 Å². The molecule has 2 aromatic carbocycles. The Morgan fingerprint density at radius 2 is 1.61 bits per heavy atom. The van der Waals surface area contributed by atoms with Gasteiger partial charge in [-0.15, -0.1) is 0 Å². The molecule has 1 aromatic heterocycles. The van der Waals surface area contributed by atoms with Crippen LogP contribution < -0.4 is 10.1 Å². The molecular weight excluding hydrogens is 476 g/mol. The summed E-state index contributed by atoms with van der Waals surface area (Å²) in [5.41, 5.74) is 1.78. The second-order valence-corrected chi connectivity index (χ2v) is 12.7. The molecule has 6 nitrogen and oxygen atoms in total. The number of nitrogens with one attached hydrogen (secondary N) is 1. The van der Waals surface area contributed by atoms with Crippen molar-refractivity contribution in [3.05, 3.63) is 65.5 Å². The van der Waals surface area contributed by atoms with Gasteiger partial charge in [-0.05, 0) is 64.5 Å². The first-order valence-electron chi connectivity index (χ1n) is 13.6. The van der Waals surface area contributed by atoms with E-state index in [2.05, 4.69) is 38.2 Å². The lowest BCUT2D eigenvalue weighted by Gasteiger charge is -2.27. The molecular formula is C32H40N2O4. The summed E-state index contributed by atoms with van der Waals surface area (Å²) in [7, 11) is 0. The summed E-state index contributed by atoms with van der Waals surface area (Å²) in [5, 5.41) is 14.2. The first-order valence-corrected chi connectivity index (χ1v) is 13.6. The minimum Gasteiger partial charge on any atom is -0.480 e. The molecule has 0 unspecified atom stereocenters. The molecule has 4 rings (SSSR count). The topological polar surface area (TPSA) is 88.5 Å². The number of benzene rings is 2. The Morgan fingerprint density at radius 1 is 0.974 bits per heavy atom. The van der Waals surface area contributed by atoms with Crippen molar-refractivity contribution < 1.29 is 19.4 Å². The lowest BCUT2D eigenvalue weighted by Crippen LogP contribution is -2.49. The van der Waals surface area contributed by atoms with Crippen molar-refractivity contribution >= 4 is 22.6 Å². The van der Waals surface area contributed by atoms with Crippen LogP contribution in [0.1, 0.15) is 89.0 Å². The Balaban J connectivity index is 1.67. The van der Waals surface area contributed by atoms with E-state index in [0.29, 0.717) is 11.7 Å². The minimum atomic E-state index is -1.06. The minimum absolute atomic E-state index is 0.0731. The maximum Gasteiger partial charge on any atom is 0.326 e. The maximum absolute atomic E-state index is 13.2. The highest BCUT2D eigenvalue weighted by molar-refractivity contribution is 5.99. The number of carbonyl (C=O) groups is 2. The number of amides is 1. The van der Waals surface area contributed by atoms with Crippen LogP contribution >= 0.6 is 0 Å². The molecule has 202 valence electrons. The second-order valence-electron chi connectivity index (χ2n) is 12.7. The standard InChI is InChI=1S/C32H40N2O4/c1-31(2,3)22-12-15-23(16-13-22)38-24-14-11-21-18-27(29(35)34-28(30(36)37)32(4,5)6)33-26(25(21)19-24)17-20-9-7-8-10-20/h11-16,18-20,28H,7-10,17H2,1-6H3,(H,34,35)(H,36,37)/t28-/m1/s1. The molecule has 1 aliphatic rings. The third-order valence-corrected chi connectivity index (χ3v) is 7.42. The third kappa shape index (κ3) is 6.53. The van der Waals surface area contributed by atoms with Crippen LogP contribution in [0.2, 0.25) is 0 Å². The molecule has 0 radical (unpaired) electrons. The Labute approximate surface area is 225 Å². The highest BCUT2D eigenvalue weighted by Crippen LogP contribution is 2.33.